The zero-order valence-electron chi connectivity index (χ0n) is 13.5. The number of anilines is 1. The lowest BCUT2D eigenvalue weighted by molar-refractivity contribution is -0.117. The van der Waals surface area contributed by atoms with Gasteiger partial charge in [-0.2, -0.15) is 4.98 Å². The number of amides is 1. The number of rotatable bonds is 3. The predicted octanol–water partition coefficient (Wildman–Crippen LogP) is 3.10. The Labute approximate surface area is 143 Å². The molecule has 0 saturated carbocycles. The second kappa shape index (κ2) is 6.08. The molecular formula is C18H15FN4O2. The minimum Gasteiger partial charge on any atom is -0.332 e. The van der Waals surface area contributed by atoms with Gasteiger partial charge in [0.1, 0.15) is 11.5 Å². The summed E-state index contributed by atoms with van der Waals surface area (Å²) in [6.45, 7) is 2.11. The van der Waals surface area contributed by atoms with Crippen molar-refractivity contribution in [3.63, 3.8) is 0 Å². The summed E-state index contributed by atoms with van der Waals surface area (Å²) in [5.41, 5.74) is 1.78. The van der Waals surface area contributed by atoms with Gasteiger partial charge in [0.05, 0.1) is 0 Å². The lowest BCUT2D eigenvalue weighted by Crippen LogP contribution is -2.24. The van der Waals surface area contributed by atoms with E-state index in [4.69, 9.17) is 4.52 Å². The number of hydrogen-bond donors (Lipinski definition) is 0. The number of pyridine rings is 1. The first-order chi connectivity index (χ1) is 12.1. The van der Waals surface area contributed by atoms with Gasteiger partial charge in [0, 0.05) is 30.8 Å². The van der Waals surface area contributed by atoms with Crippen molar-refractivity contribution in [1.29, 1.82) is 0 Å². The quantitative estimate of drug-likeness (QED) is 0.734. The number of halogens is 1. The molecule has 3 heterocycles. The maximum Gasteiger partial charge on any atom is 0.276 e. The van der Waals surface area contributed by atoms with Crippen molar-refractivity contribution in [2.24, 2.45) is 0 Å². The Morgan fingerprint density at radius 2 is 2.16 bits per heavy atom. The number of hydrogen-bond acceptors (Lipinski definition) is 5. The maximum atomic E-state index is 13.4. The summed E-state index contributed by atoms with van der Waals surface area (Å²) >= 11 is 0. The van der Waals surface area contributed by atoms with Crippen LogP contribution in [0.2, 0.25) is 0 Å². The van der Waals surface area contributed by atoms with Gasteiger partial charge in [-0.05, 0) is 42.8 Å². The molecule has 0 spiro atoms. The average Bonchev–Trinajstić information content (AvgIpc) is 3.25. The second-order valence-corrected chi connectivity index (χ2v) is 6.01. The first-order valence-electron chi connectivity index (χ1n) is 7.93. The van der Waals surface area contributed by atoms with Gasteiger partial charge in [0.25, 0.3) is 5.89 Å². The Hall–Kier alpha value is -3.09. The topological polar surface area (TPSA) is 72.1 Å². The fraction of sp³-hybridized carbons (Fsp3) is 0.222. The van der Waals surface area contributed by atoms with Gasteiger partial charge in [-0.15, -0.1) is 0 Å². The highest BCUT2D eigenvalue weighted by molar-refractivity contribution is 5.96. The fourth-order valence-electron chi connectivity index (χ4n) is 2.92. The highest BCUT2D eigenvalue weighted by Crippen LogP contribution is 2.32. The smallest absolute Gasteiger partial charge is 0.276 e. The largest absolute Gasteiger partial charge is 0.332 e. The standard InChI is InChI=1S/C18H15FN4O2/c1-11-8-13(5-6-14(11)19)23-10-12(9-16(23)24)17-21-18(25-22-17)15-4-2-3-7-20-15/h2-8,12H,9-10H2,1H3. The number of benzene rings is 1. The Bertz CT molecular complexity index is 926. The van der Waals surface area contributed by atoms with Crippen LogP contribution in [0.4, 0.5) is 10.1 Å². The molecule has 2 aromatic heterocycles. The Balaban J connectivity index is 1.56. The minimum absolute atomic E-state index is 0.0415. The number of nitrogens with zero attached hydrogens (tertiary/aromatic N) is 4. The fourth-order valence-corrected chi connectivity index (χ4v) is 2.92. The summed E-state index contributed by atoms with van der Waals surface area (Å²) in [4.78, 5) is 22.6. The number of carbonyl (C=O) groups is 1. The van der Waals surface area contributed by atoms with Gasteiger partial charge in [-0.3, -0.25) is 9.78 Å². The third-order valence-corrected chi connectivity index (χ3v) is 4.27. The van der Waals surface area contributed by atoms with Crippen LogP contribution >= 0.6 is 0 Å². The summed E-state index contributed by atoms with van der Waals surface area (Å²) in [7, 11) is 0. The molecule has 0 N–H and O–H groups in total. The molecule has 1 fully saturated rings. The van der Waals surface area contributed by atoms with Crippen molar-refractivity contribution in [2.75, 3.05) is 11.4 Å². The van der Waals surface area contributed by atoms with E-state index in [-0.39, 0.29) is 24.1 Å². The first-order valence-corrected chi connectivity index (χ1v) is 7.93. The van der Waals surface area contributed by atoms with Crippen molar-refractivity contribution < 1.29 is 13.7 Å². The number of aromatic nitrogens is 3. The lowest BCUT2D eigenvalue weighted by Gasteiger charge is -2.16. The Morgan fingerprint density at radius 1 is 1.28 bits per heavy atom. The second-order valence-electron chi connectivity index (χ2n) is 6.01. The van der Waals surface area contributed by atoms with E-state index in [0.717, 1.165) is 0 Å². The van der Waals surface area contributed by atoms with E-state index in [1.807, 2.05) is 6.07 Å². The zero-order valence-corrected chi connectivity index (χ0v) is 13.5. The average molecular weight is 338 g/mol. The van der Waals surface area contributed by atoms with Crippen LogP contribution in [0.25, 0.3) is 11.6 Å². The predicted molar refractivity (Wildman–Crippen MR) is 88.4 cm³/mol. The molecule has 1 atom stereocenters. The third-order valence-electron chi connectivity index (χ3n) is 4.27. The molecule has 0 radical (unpaired) electrons. The van der Waals surface area contributed by atoms with Gasteiger partial charge in [0.15, 0.2) is 5.82 Å². The van der Waals surface area contributed by atoms with Crippen molar-refractivity contribution in [1.82, 2.24) is 15.1 Å². The number of aryl methyl sites for hydroxylation is 1. The summed E-state index contributed by atoms with van der Waals surface area (Å²) in [5, 5.41) is 4.00. The lowest BCUT2D eigenvalue weighted by atomic mass is 10.1. The highest BCUT2D eigenvalue weighted by atomic mass is 19.1. The van der Waals surface area contributed by atoms with Gasteiger partial charge in [-0.25, -0.2) is 4.39 Å². The van der Waals surface area contributed by atoms with E-state index in [9.17, 15) is 9.18 Å². The van der Waals surface area contributed by atoms with Crippen LogP contribution in [0.1, 0.15) is 23.7 Å². The first kappa shape index (κ1) is 15.4. The van der Waals surface area contributed by atoms with Crippen LogP contribution in [-0.2, 0) is 4.79 Å². The van der Waals surface area contributed by atoms with E-state index in [1.165, 1.54) is 6.07 Å². The molecule has 4 rings (SSSR count). The SMILES string of the molecule is Cc1cc(N2CC(c3noc(-c4ccccn4)n3)CC2=O)ccc1F. The normalized spacial score (nSPS) is 17.3. The van der Waals surface area contributed by atoms with Gasteiger partial charge in [0.2, 0.25) is 5.91 Å². The molecule has 1 amide bonds. The summed E-state index contributed by atoms with van der Waals surface area (Å²) in [6, 6.07) is 10.1. The molecule has 0 bridgehead atoms. The molecule has 7 heteroatoms. The van der Waals surface area contributed by atoms with E-state index < -0.39 is 0 Å². The Morgan fingerprint density at radius 3 is 2.92 bits per heavy atom. The molecule has 3 aromatic rings. The van der Waals surface area contributed by atoms with Crippen molar-refractivity contribution >= 4 is 11.6 Å². The molecule has 1 unspecified atom stereocenters. The molecule has 1 saturated heterocycles. The van der Waals surface area contributed by atoms with E-state index in [1.54, 1.807) is 42.3 Å². The summed E-state index contributed by atoms with van der Waals surface area (Å²) in [5.74, 6) is 0.318. The molecule has 1 aromatic carbocycles. The highest BCUT2D eigenvalue weighted by Gasteiger charge is 2.34. The van der Waals surface area contributed by atoms with Crippen LogP contribution < -0.4 is 4.90 Å². The van der Waals surface area contributed by atoms with Crippen LogP contribution in [-0.4, -0.2) is 27.6 Å². The van der Waals surface area contributed by atoms with E-state index in [2.05, 4.69) is 15.1 Å². The van der Waals surface area contributed by atoms with E-state index >= 15 is 0 Å². The third kappa shape index (κ3) is 2.88. The Kier molecular flexibility index (Phi) is 3.76. The van der Waals surface area contributed by atoms with Gasteiger partial charge < -0.3 is 9.42 Å². The van der Waals surface area contributed by atoms with Crippen LogP contribution in [0, 0.1) is 12.7 Å². The summed E-state index contributed by atoms with van der Waals surface area (Å²) in [6.07, 6.45) is 1.94. The van der Waals surface area contributed by atoms with Crippen LogP contribution in [0.5, 0.6) is 0 Å². The maximum absolute atomic E-state index is 13.4. The minimum atomic E-state index is -0.287. The zero-order chi connectivity index (χ0) is 17.4. The molecule has 25 heavy (non-hydrogen) atoms. The monoisotopic (exact) mass is 338 g/mol. The van der Waals surface area contributed by atoms with Crippen molar-refractivity contribution in [2.45, 2.75) is 19.3 Å². The van der Waals surface area contributed by atoms with Crippen molar-refractivity contribution in [3.8, 4) is 11.6 Å². The van der Waals surface area contributed by atoms with Gasteiger partial charge in [-0.1, -0.05) is 11.2 Å². The van der Waals surface area contributed by atoms with Crippen LogP contribution in [0.15, 0.2) is 47.1 Å². The van der Waals surface area contributed by atoms with Gasteiger partial charge >= 0.3 is 0 Å². The molecule has 6 nitrogen and oxygen atoms in total. The van der Waals surface area contributed by atoms with E-state index in [0.29, 0.717) is 35.2 Å². The molecule has 1 aliphatic heterocycles. The van der Waals surface area contributed by atoms with Crippen molar-refractivity contribution in [3.05, 3.63) is 59.8 Å². The molecule has 0 aliphatic carbocycles. The summed E-state index contributed by atoms with van der Waals surface area (Å²) < 4.78 is 18.7. The number of carbonyl (C=O) groups excluding carboxylic acids is 1. The molecular weight excluding hydrogens is 323 g/mol. The molecule has 126 valence electrons. The van der Waals surface area contributed by atoms with Crippen LogP contribution in [0.3, 0.4) is 0 Å². The molecule has 1 aliphatic rings.